The van der Waals surface area contributed by atoms with Crippen LogP contribution < -0.4 is 5.32 Å². The highest BCUT2D eigenvalue weighted by Gasteiger charge is 2.05. The van der Waals surface area contributed by atoms with Crippen molar-refractivity contribution in [3.8, 4) is 0 Å². The highest BCUT2D eigenvalue weighted by Crippen LogP contribution is 2.28. The average molecular weight is 340 g/mol. The zero-order valence-corrected chi connectivity index (χ0v) is 13.4. The quantitative estimate of drug-likeness (QED) is 0.577. The molecule has 1 aromatic heterocycles. The molecule has 4 heteroatoms. The summed E-state index contributed by atoms with van der Waals surface area (Å²) in [5.41, 5.74) is 1.33. The van der Waals surface area contributed by atoms with Crippen molar-refractivity contribution >= 4 is 27.7 Å². The molecule has 19 heavy (non-hydrogen) atoms. The summed E-state index contributed by atoms with van der Waals surface area (Å²) in [6.07, 6.45) is 2.88. The molecule has 0 unspecified atom stereocenters. The van der Waals surface area contributed by atoms with Crippen molar-refractivity contribution in [2.75, 3.05) is 6.54 Å². The number of furan rings is 1. The summed E-state index contributed by atoms with van der Waals surface area (Å²) in [6.45, 7) is 4.14. The number of nitrogens with one attached hydrogen (secondary N) is 1. The Morgan fingerprint density at radius 3 is 2.95 bits per heavy atom. The summed E-state index contributed by atoms with van der Waals surface area (Å²) in [4.78, 5) is 1.31. The summed E-state index contributed by atoms with van der Waals surface area (Å²) in [5.74, 6) is 1.88. The molecule has 0 bridgehead atoms. The SMILES string of the molecule is CCCNCc1cc(Br)ccc1SCc1ccco1. The molecule has 2 nitrogen and oxygen atoms in total. The van der Waals surface area contributed by atoms with Gasteiger partial charge in [-0.15, -0.1) is 11.8 Å². The van der Waals surface area contributed by atoms with Crippen LogP contribution in [-0.2, 0) is 12.3 Å². The first-order chi connectivity index (χ1) is 9.29. The van der Waals surface area contributed by atoms with Gasteiger partial charge in [-0.2, -0.15) is 0 Å². The first-order valence-electron chi connectivity index (χ1n) is 6.44. The van der Waals surface area contributed by atoms with Gasteiger partial charge < -0.3 is 9.73 Å². The van der Waals surface area contributed by atoms with E-state index in [1.54, 1.807) is 6.26 Å². The standard InChI is InChI=1S/C15H18BrNOS/c1-2-7-17-10-12-9-13(16)5-6-15(12)19-11-14-4-3-8-18-14/h3-6,8-9,17H,2,7,10-11H2,1H3. The fourth-order valence-corrected chi connectivity index (χ4v) is 3.12. The Morgan fingerprint density at radius 1 is 1.32 bits per heavy atom. The molecule has 102 valence electrons. The van der Waals surface area contributed by atoms with E-state index in [-0.39, 0.29) is 0 Å². The molecule has 0 saturated heterocycles. The Kier molecular flexibility index (Phi) is 6.01. The fourth-order valence-electron chi connectivity index (χ4n) is 1.77. The van der Waals surface area contributed by atoms with Gasteiger partial charge in [-0.1, -0.05) is 22.9 Å². The van der Waals surface area contributed by atoms with Crippen LogP contribution in [0.1, 0.15) is 24.7 Å². The topological polar surface area (TPSA) is 25.2 Å². The van der Waals surface area contributed by atoms with Crippen LogP contribution in [0.25, 0.3) is 0 Å². The van der Waals surface area contributed by atoms with Crippen molar-refractivity contribution in [2.45, 2.75) is 30.5 Å². The Morgan fingerprint density at radius 2 is 2.21 bits per heavy atom. The summed E-state index contributed by atoms with van der Waals surface area (Å²) < 4.78 is 6.50. The van der Waals surface area contributed by atoms with Gasteiger partial charge in [0.05, 0.1) is 12.0 Å². The molecule has 0 aliphatic carbocycles. The molecular weight excluding hydrogens is 322 g/mol. The van der Waals surface area contributed by atoms with Crippen LogP contribution in [0.3, 0.4) is 0 Å². The molecule has 1 heterocycles. The number of thioether (sulfide) groups is 1. The molecule has 0 radical (unpaired) electrons. The van der Waals surface area contributed by atoms with E-state index < -0.39 is 0 Å². The minimum Gasteiger partial charge on any atom is -0.468 e. The lowest BCUT2D eigenvalue weighted by molar-refractivity contribution is 0.530. The predicted molar refractivity (Wildman–Crippen MR) is 84.4 cm³/mol. The van der Waals surface area contributed by atoms with Crippen molar-refractivity contribution in [1.82, 2.24) is 5.32 Å². The average Bonchev–Trinajstić information content (AvgIpc) is 2.91. The van der Waals surface area contributed by atoms with Crippen LogP contribution in [0.15, 0.2) is 50.4 Å². The lowest BCUT2D eigenvalue weighted by atomic mass is 10.2. The minimum absolute atomic E-state index is 0.870. The van der Waals surface area contributed by atoms with Gasteiger partial charge in [0.1, 0.15) is 5.76 Å². The molecule has 1 aromatic carbocycles. The van der Waals surface area contributed by atoms with Gasteiger partial charge in [0.15, 0.2) is 0 Å². The van der Waals surface area contributed by atoms with Crippen LogP contribution in [0.2, 0.25) is 0 Å². The van der Waals surface area contributed by atoms with Gasteiger partial charge in [-0.05, 0) is 48.9 Å². The van der Waals surface area contributed by atoms with Gasteiger partial charge in [0.2, 0.25) is 0 Å². The predicted octanol–water partition coefficient (Wildman–Crippen LogP) is 4.83. The van der Waals surface area contributed by atoms with E-state index in [9.17, 15) is 0 Å². The van der Waals surface area contributed by atoms with Crippen molar-refractivity contribution in [2.24, 2.45) is 0 Å². The van der Waals surface area contributed by atoms with Gasteiger partial charge >= 0.3 is 0 Å². The first kappa shape index (κ1) is 14.7. The highest BCUT2D eigenvalue weighted by molar-refractivity contribution is 9.10. The fraction of sp³-hybridized carbons (Fsp3) is 0.333. The normalized spacial score (nSPS) is 10.8. The molecule has 0 atom stereocenters. The second-order valence-corrected chi connectivity index (χ2v) is 6.23. The third-order valence-electron chi connectivity index (χ3n) is 2.71. The summed E-state index contributed by atoms with van der Waals surface area (Å²) in [6, 6.07) is 10.4. The number of halogens is 1. The maximum atomic E-state index is 5.37. The minimum atomic E-state index is 0.870. The third-order valence-corrected chi connectivity index (χ3v) is 4.35. The Bertz CT molecular complexity index is 499. The maximum absolute atomic E-state index is 5.37. The molecular formula is C15H18BrNOS. The Hall–Kier alpha value is -0.710. The largest absolute Gasteiger partial charge is 0.468 e. The first-order valence-corrected chi connectivity index (χ1v) is 8.21. The zero-order chi connectivity index (χ0) is 13.5. The van der Waals surface area contributed by atoms with Crippen LogP contribution in [0.5, 0.6) is 0 Å². The smallest absolute Gasteiger partial charge is 0.113 e. The lowest BCUT2D eigenvalue weighted by Gasteiger charge is -2.10. The van der Waals surface area contributed by atoms with Crippen LogP contribution in [0.4, 0.5) is 0 Å². The number of hydrogen-bond acceptors (Lipinski definition) is 3. The zero-order valence-electron chi connectivity index (χ0n) is 11.0. The molecule has 2 rings (SSSR count). The molecule has 0 aliphatic heterocycles. The van der Waals surface area contributed by atoms with Crippen molar-refractivity contribution in [1.29, 1.82) is 0 Å². The summed E-state index contributed by atoms with van der Waals surface area (Å²) in [7, 11) is 0. The summed E-state index contributed by atoms with van der Waals surface area (Å²) >= 11 is 5.36. The van der Waals surface area contributed by atoms with E-state index in [0.29, 0.717) is 0 Å². The van der Waals surface area contributed by atoms with E-state index in [1.165, 1.54) is 10.5 Å². The van der Waals surface area contributed by atoms with Gasteiger partial charge in [-0.3, -0.25) is 0 Å². The monoisotopic (exact) mass is 339 g/mol. The Balaban J connectivity index is 2.01. The molecule has 2 aromatic rings. The lowest BCUT2D eigenvalue weighted by Crippen LogP contribution is -2.14. The second kappa shape index (κ2) is 7.78. The molecule has 0 saturated carbocycles. The van der Waals surface area contributed by atoms with Crippen LogP contribution >= 0.6 is 27.7 Å². The van der Waals surface area contributed by atoms with Crippen LogP contribution in [0, 0.1) is 0 Å². The van der Waals surface area contributed by atoms with Crippen molar-refractivity contribution in [3.05, 3.63) is 52.4 Å². The molecule has 0 spiro atoms. The molecule has 1 N–H and O–H groups in total. The highest BCUT2D eigenvalue weighted by atomic mass is 79.9. The second-order valence-electron chi connectivity index (χ2n) is 4.30. The molecule has 0 aliphatic rings. The third kappa shape index (κ3) is 4.71. The van der Waals surface area contributed by atoms with Gasteiger partial charge in [0, 0.05) is 15.9 Å². The van der Waals surface area contributed by atoms with E-state index in [1.807, 2.05) is 23.9 Å². The number of benzene rings is 1. The van der Waals surface area contributed by atoms with E-state index in [4.69, 9.17) is 4.42 Å². The van der Waals surface area contributed by atoms with Crippen molar-refractivity contribution < 1.29 is 4.42 Å². The van der Waals surface area contributed by atoms with E-state index in [0.717, 1.165) is 35.5 Å². The van der Waals surface area contributed by atoms with Gasteiger partial charge in [-0.25, -0.2) is 0 Å². The van der Waals surface area contributed by atoms with E-state index in [2.05, 4.69) is 46.4 Å². The summed E-state index contributed by atoms with van der Waals surface area (Å²) in [5, 5.41) is 3.45. The number of hydrogen-bond donors (Lipinski definition) is 1. The molecule has 0 amide bonds. The Labute approximate surface area is 127 Å². The maximum Gasteiger partial charge on any atom is 0.113 e. The number of rotatable bonds is 7. The van der Waals surface area contributed by atoms with Gasteiger partial charge in [0.25, 0.3) is 0 Å². The molecule has 0 fully saturated rings. The van der Waals surface area contributed by atoms with Crippen molar-refractivity contribution in [3.63, 3.8) is 0 Å². The van der Waals surface area contributed by atoms with Crippen LogP contribution in [-0.4, -0.2) is 6.54 Å². The van der Waals surface area contributed by atoms with E-state index >= 15 is 0 Å².